The van der Waals surface area contributed by atoms with Gasteiger partial charge < -0.3 is 9.84 Å². The molecule has 1 rings (SSSR count). The van der Waals surface area contributed by atoms with Crippen LogP contribution >= 0.6 is 11.6 Å². The first kappa shape index (κ1) is 9.22. The van der Waals surface area contributed by atoms with Crippen molar-refractivity contribution in [3.05, 3.63) is 17.7 Å². The van der Waals surface area contributed by atoms with Crippen LogP contribution in [0, 0.1) is 0 Å². The molecule has 0 spiro atoms. The number of hydrogen-bond acceptors (Lipinski definition) is 4. The lowest BCUT2D eigenvalue weighted by molar-refractivity contribution is 0.122. The lowest BCUT2D eigenvalue weighted by Crippen LogP contribution is -2.12. The van der Waals surface area contributed by atoms with Crippen molar-refractivity contribution >= 4 is 11.6 Å². The normalized spacial score (nSPS) is 12.6. The van der Waals surface area contributed by atoms with Crippen LogP contribution in [0.15, 0.2) is 12.4 Å². The van der Waals surface area contributed by atoms with Crippen LogP contribution in [0.25, 0.3) is 0 Å². The van der Waals surface area contributed by atoms with Gasteiger partial charge in [0.2, 0.25) is 5.28 Å². The smallest absolute Gasteiger partial charge is 0.222 e. The highest BCUT2D eigenvalue weighted by atomic mass is 35.5. The molecule has 5 heteroatoms. The fourth-order valence-electron chi connectivity index (χ4n) is 0.592. The monoisotopic (exact) mass is 188 g/mol. The third-order valence-electron chi connectivity index (χ3n) is 1.09. The molecule has 4 nitrogen and oxygen atoms in total. The maximum atomic E-state index is 8.88. The van der Waals surface area contributed by atoms with Crippen LogP contribution in [-0.2, 0) is 0 Å². The number of nitrogens with zero attached hydrogens (tertiary/aromatic N) is 2. The molecule has 0 bridgehead atoms. The lowest BCUT2D eigenvalue weighted by Gasteiger charge is -2.06. The Morgan fingerprint density at radius 2 is 2.17 bits per heavy atom. The molecule has 0 aliphatic rings. The molecule has 1 unspecified atom stereocenters. The molecule has 0 aromatic carbocycles. The highest BCUT2D eigenvalue weighted by Crippen LogP contribution is 2.08. The van der Waals surface area contributed by atoms with E-state index in [0.717, 1.165) is 0 Å². The summed E-state index contributed by atoms with van der Waals surface area (Å²) >= 11 is 5.45. The Kier molecular flexibility index (Phi) is 3.25. The van der Waals surface area contributed by atoms with Crippen LogP contribution in [0.1, 0.15) is 6.92 Å². The van der Waals surface area contributed by atoms with Gasteiger partial charge in [-0.15, -0.1) is 0 Å². The van der Waals surface area contributed by atoms with E-state index in [2.05, 4.69) is 9.97 Å². The molecule has 0 saturated carbocycles. The van der Waals surface area contributed by atoms with Crippen LogP contribution in [-0.4, -0.2) is 27.8 Å². The third kappa shape index (κ3) is 3.02. The van der Waals surface area contributed by atoms with Gasteiger partial charge >= 0.3 is 0 Å². The molecule has 1 heterocycles. The van der Waals surface area contributed by atoms with E-state index >= 15 is 0 Å². The second-order valence-corrected chi connectivity index (χ2v) is 2.69. The highest BCUT2D eigenvalue weighted by molar-refractivity contribution is 6.28. The van der Waals surface area contributed by atoms with Crippen molar-refractivity contribution in [1.82, 2.24) is 9.97 Å². The first-order valence-electron chi connectivity index (χ1n) is 3.47. The zero-order valence-electron chi connectivity index (χ0n) is 6.57. The van der Waals surface area contributed by atoms with Gasteiger partial charge in [-0.3, -0.25) is 0 Å². The Morgan fingerprint density at radius 1 is 1.58 bits per heavy atom. The van der Waals surface area contributed by atoms with Crippen molar-refractivity contribution < 1.29 is 9.84 Å². The maximum Gasteiger partial charge on any atom is 0.222 e. The number of aromatic nitrogens is 2. The summed E-state index contributed by atoms with van der Waals surface area (Å²) in [5, 5.41) is 9.06. The molecular formula is C7H9ClN2O2. The topological polar surface area (TPSA) is 55.2 Å². The predicted octanol–water partition coefficient (Wildman–Crippen LogP) is 0.890. The number of ether oxygens (including phenoxy) is 1. The first-order valence-corrected chi connectivity index (χ1v) is 3.84. The van der Waals surface area contributed by atoms with Gasteiger partial charge in [0, 0.05) is 0 Å². The highest BCUT2D eigenvalue weighted by Gasteiger charge is 1.98. The van der Waals surface area contributed by atoms with Gasteiger partial charge in [0.05, 0.1) is 18.5 Å². The van der Waals surface area contributed by atoms with Crippen LogP contribution < -0.4 is 4.74 Å². The van der Waals surface area contributed by atoms with Crippen LogP contribution in [0.3, 0.4) is 0 Å². The summed E-state index contributed by atoms with van der Waals surface area (Å²) in [7, 11) is 0. The molecule has 0 aliphatic heterocycles. The second kappa shape index (κ2) is 4.23. The summed E-state index contributed by atoms with van der Waals surface area (Å²) in [4.78, 5) is 7.41. The molecule has 0 radical (unpaired) electrons. The summed E-state index contributed by atoms with van der Waals surface area (Å²) in [5.74, 6) is 0.500. The van der Waals surface area contributed by atoms with Gasteiger partial charge in [0.25, 0.3) is 0 Å². The Hall–Kier alpha value is -0.870. The summed E-state index contributed by atoms with van der Waals surface area (Å²) in [6.07, 6.45) is 2.41. The maximum absolute atomic E-state index is 8.88. The summed E-state index contributed by atoms with van der Waals surface area (Å²) in [5.41, 5.74) is 0. The van der Waals surface area contributed by atoms with Gasteiger partial charge in [0.1, 0.15) is 6.61 Å². The number of rotatable bonds is 3. The van der Waals surface area contributed by atoms with Gasteiger partial charge in [-0.05, 0) is 18.5 Å². The molecular weight excluding hydrogens is 180 g/mol. The zero-order valence-corrected chi connectivity index (χ0v) is 7.32. The first-order chi connectivity index (χ1) is 5.68. The van der Waals surface area contributed by atoms with Crippen molar-refractivity contribution in [2.75, 3.05) is 6.61 Å². The van der Waals surface area contributed by atoms with E-state index in [0.29, 0.717) is 5.75 Å². The summed E-state index contributed by atoms with van der Waals surface area (Å²) < 4.78 is 5.09. The number of aliphatic hydroxyl groups excluding tert-OH is 1. The zero-order chi connectivity index (χ0) is 8.97. The van der Waals surface area contributed by atoms with E-state index in [9.17, 15) is 0 Å². The molecule has 12 heavy (non-hydrogen) atoms. The molecule has 0 amide bonds. The molecule has 0 aliphatic carbocycles. The van der Waals surface area contributed by atoms with Gasteiger partial charge in [0.15, 0.2) is 5.75 Å². The molecule has 1 N–H and O–H groups in total. The second-order valence-electron chi connectivity index (χ2n) is 2.35. The molecule has 1 aromatic heterocycles. The predicted molar refractivity (Wildman–Crippen MR) is 44.2 cm³/mol. The SMILES string of the molecule is CC(O)COc1cnc(Cl)nc1. The van der Waals surface area contributed by atoms with E-state index in [1.807, 2.05) is 0 Å². The van der Waals surface area contributed by atoms with E-state index in [4.69, 9.17) is 21.4 Å². The van der Waals surface area contributed by atoms with E-state index in [-0.39, 0.29) is 11.9 Å². The quantitative estimate of drug-likeness (QED) is 0.716. The number of hydrogen-bond donors (Lipinski definition) is 1. The van der Waals surface area contributed by atoms with Crippen molar-refractivity contribution in [3.8, 4) is 5.75 Å². The minimum atomic E-state index is -0.499. The minimum absolute atomic E-state index is 0.180. The van der Waals surface area contributed by atoms with Crippen molar-refractivity contribution in [2.24, 2.45) is 0 Å². The van der Waals surface area contributed by atoms with E-state index in [1.54, 1.807) is 6.92 Å². The molecule has 0 saturated heterocycles. The molecule has 66 valence electrons. The summed E-state index contributed by atoms with van der Waals surface area (Å²) in [6.45, 7) is 1.86. The van der Waals surface area contributed by atoms with E-state index < -0.39 is 6.10 Å². The summed E-state index contributed by atoms with van der Waals surface area (Å²) in [6, 6.07) is 0. The van der Waals surface area contributed by atoms with Crippen molar-refractivity contribution in [3.63, 3.8) is 0 Å². The fourth-order valence-corrected chi connectivity index (χ4v) is 0.689. The Labute approximate surface area is 75.2 Å². The Balaban J connectivity index is 2.48. The van der Waals surface area contributed by atoms with E-state index in [1.165, 1.54) is 12.4 Å². The Morgan fingerprint density at radius 3 is 2.67 bits per heavy atom. The van der Waals surface area contributed by atoms with Crippen molar-refractivity contribution in [1.29, 1.82) is 0 Å². The average molecular weight is 189 g/mol. The van der Waals surface area contributed by atoms with Crippen LogP contribution in [0.4, 0.5) is 0 Å². The van der Waals surface area contributed by atoms with Crippen LogP contribution in [0.5, 0.6) is 5.75 Å². The average Bonchev–Trinajstić information content (AvgIpc) is 2.03. The third-order valence-corrected chi connectivity index (χ3v) is 1.28. The molecule has 0 fully saturated rings. The number of aliphatic hydroxyl groups is 1. The van der Waals surface area contributed by atoms with Gasteiger partial charge in [-0.25, -0.2) is 9.97 Å². The Bertz CT molecular complexity index is 238. The van der Waals surface area contributed by atoms with Gasteiger partial charge in [-0.1, -0.05) is 0 Å². The molecule has 1 atom stereocenters. The number of halogens is 1. The van der Waals surface area contributed by atoms with Crippen LogP contribution in [0.2, 0.25) is 5.28 Å². The fraction of sp³-hybridized carbons (Fsp3) is 0.429. The standard InChI is InChI=1S/C7H9ClN2O2/c1-5(11)4-12-6-2-9-7(8)10-3-6/h2-3,5,11H,4H2,1H3. The largest absolute Gasteiger partial charge is 0.488 e. The van der Waals surface area contributed by atoms with Gasteiger partial charge in [-0.2, -0.15) is 0 Å². The van der Waals surface area contributed by atoms with Crippen molar-refractivity contribution in [2.45, 2.75) is 13.0 Å². The molecule has 1 aromatic rings. The lowest BCUT2D eigenvalue weighted by atomic mass is 10.4. The minimum Gasteiger partial charge on any atom is -0.488 e.